The first-order valence-electron chi connectivity index (χ1n) is 7.00. The van der Waals surface area contributed by atoms with Crippen LogP contribution in [0.25, 0.3) is 0 Å². The van der Waals surface area contributed by atoms with Crippen LogP contribution in [0, 0.1) is 11.6 Å². The SMILES string of the molecule is CSc1cc(C(=O)NC(C)C(O)c2ccc(F)cc2)ccc1F. The maximum absolute atomic E-state index is 13.5. The highest BCUT2D eigenvalue weighted by molar-refractivity contribution is 7.98. The van der Waals surface area contributed by atoms with Crippen molar-refractivity contribution in [1.29, 1.82) is 0 Å². The predicted octanol–water partition coefficient (Wildman–Crippen LogP) is 3.54. The van der Waals surface area contributed by atoms with E-state index in [-0.39, 0.29) is 5.82 Å². The van der Waals surface area contributed by atoms with Crippen molar-refractivity contribution in [2.75, 3.05) is 6.26 Å². The molecule has 3 nitrogen and oxygen atoms in total. The molecule has 2 atom stereocenters. The highest BCUT2D eigenvalue weighted by Gasteiger charge is 2.19. The molecule has 0 aliphatic rings. The quantitative estimate of drug-likeness (QED) is 0.821. The van der Waals surface area contributed by atoms with E-state index in [1.54, 1.807) is 13.2 Å². The number of aliphatic hydroxyl groups is 1. The molecule has 2 N–H and O–H groups in total. The summed E-state index contributed by atoms with van der Waals surface area (Å²) in [5.74, 6) is -1.18. The molecule has 122 valence electrons. The number of aliphatic hydroxyl groups excluding tert-OH is 1. The van der Waals surface area contributed by atoms with E-state index >= 15 is 0 Å². The summed E-state index contributed by atoms with van der Waals surface area (Å²) in [7, 11) is 0. The third-order valence-corrected chi connectivity index (χ3v) is 4.21. The van der Waals surface area contributed by atoms with Gasteiger partial charge in [0.15, 0.2) is 0 Å². The number of benzene rings is 2. The molecule has 23 heavy (non-hydrogen) atoms. The molecule has 2 aromatic rings. The first kappa shape index (κ1) is 17.4. The molecule has 2 unspecified atom stereocenters. The Bertz CT molecular complexity index is 691. The topological polar surface area (TPSA) is 49.3 Å². The number of carbonyl (C=O) groups is 1. The van der Waals surface area contributed by atoms with Crippen LogP contribution in [-0.2, 0) is 0 Å². The number of carbonyl (C=O) groups excluding carboxylic acids is 1. The minimum atomic E-state index is -0.972. The number of hydrogen-bond acceptors (Lipinski definition) is 3. The van der Waals surface area contributed by atoms with Crippen LogP contribution >= 0.6 is 11.8 Å². The Morgan fingerprint density at radius 2 is 1.83 bits per heavy atom. The lowest BCUT2D eigenvalue weighted by Crippen LogP contribution is -2.37. The van der Waals surface area contributed by atoms with Gasteiger partial charge < -0.3 is 10.4 Å². The van der Waals surface area contributed by atoms with E-state index in [1.165, 1.54) is 54.2 Å². The van der Waals surface area contributed by atoms with Gasteiger partial charge in [0.1, 0.15) is 11.6 Å². The number of halogens is 2. The van der Waals surface area contributed by atoms with Gasteiger partial charge in [-0.3, -0.25) is 4.79 Å². The molecular weight excluding hydrogens is 320 g/mol. The van der Waals surface area contributed by atoms with Gasteiger partial charge in [0.25, 0.3) is 5.91 Å². The standard InChI is InChI=1S/C17H17F2NO2S/c1-10(16(21)11-3-6-13(18)7-4-11)20-17(22)12-5-8-14(19)15(9-12)23-2/h3-10,16,21H,1-2H3,(H,20,22). The van der Waals surface area contributed by atoms with Gasteiger partial charge in [0, 0.05) is 10.5 Å². The van der Waals surface area contributed by atoms with Gasteiger partial charge in [0.05, 0.1) is 12.1 Å². The molecule has 6 heteroatoms. The Morgan fingerprint density at radius 3 is 2.43 bits per heavy atom. The molecule has 0 saturated carbocycles. The Labute approximate surface area is 137 Å². The molecule has 0 aliphatic heterocycles. The van der Waals surface area contributed by atoms with Crippen molar-refractivity contribution >= 4 is 17.7 Å². The van der Waals surface area contributed by atoms with E-state index in [1.807, 2.05) is 0 Å². The summed E-state index contributed by atoms with van der Waals surface area (Å²) in [5.41, 5.74) is 0.817. The summed E-state index contributed by atoms with van der Waals surface area (Å²) < 4.78 is 26.4. The first-order valence-corrected chi connectivity index (χ1v) is 8.22. The zero-order valence-electron chi connectivity index (χ0n) is 12.7. The van der Waals surface area contributed by atoms with E-state index in [0.29, 0.717) is 16.0 Å². The lowest BCUT2D eigenvalue weighted by atomic mass is 10.0. The Kier molecular flexibility index (Phi) is 5.74. The minimum absolute atomic E-state index is 0.314. The average Bonchev–Trinajstić information content (AvgIpc) is 2.55. The second-order valence-corrected chi connectivity index (χ2v) is 5.96. The van der Waals surface area contributed by atoms with E-state index in [0.717, 1.165) is 0 Å². The molecule has 2 rings (SSSR count). The molecule has 0 aliphatic carbocycles. The van der Waals surface area contributed by atoms with Crippen LogP contribution in [0.2, 0.25) is 0 Å². The Hall–Kier alpha value is -1.92. The molecule has 0 fully saturated rings. The van der Waals surface area contributed by atoms with Crippen LogP contribution in [0.5, 0.6) is 0 Å². The van der Waals surface area contributed by atoms with Crippen LogP contribution in [0.3, 0.4) is 0 Å². The number of thioether (sulfide) groups is 1. The third kappa shape index (κ3) is 4.30. The van der Waals surface area contributed by atoms with E-state index in [4.69, 9.17) is 0 Å². The second kappa shape index (κ2) is 7.57. The van der Waals surface area contributed by atoms with E-state index in [2.05, 4.69) is 5.32 Å². The maximum atomic E-state index is 13.5. The van der Waals surface area contributed by atoms with Crippen LogP contribution in [0.1, 0.15) is 28.9 Å². The minimum Gasteiger partial charge on any atom is -0.386 e. The largest absolute Gasteiger partial charge is 0.386 e. The van der Waals surface area contributed by atoms with Crippen molar-refractivity contribution in [2.24, 2.45) is 0 Å². The molecular formula is C17H17F2NO2S. The fraction of sp³-hybridized carbons (Fsp3) is 0.235. The fourth-order valence-corrected chi connectivity index (χ4v) is 2.63. The van der Waals surface area contributed by atoms with Gasteiger partial charge >= 0.3 is 0 Å². The summed E-state index contributed by atoms with van der Waals surface area (Å²) >= 11 is 1.21. The molecule has 0 aromatic heterocycles. The van der Waals surface area contributed by atoms with Crippen molar-refractivity contribution in [3.05, 3.63) is 65.2 Å². The van der Waals surface area contributed by atoms with E-state index < -0.39 is 23.9 Å². The molecule has 1 amide bonds. The fourth-order valence-electron chi connectivity index (χ4n) is 2.12. The molecule has 2 aromatic carbocycles. The van der Waals surface area contributed by atoms with Crippen molar-refractivity contribution in [3.63, 3.8) is 0 Å². The lowest BCUT2D eigenvalue weighted by molar-refractivity contribution is 0.0851. The Morgan fingerprint density at radius 1 is 1.17 bits per heavy atom. The lowest BCUT2D eigenvalue weighted by Gasteiger charge is -2.21. The van der Waals surface area contributed by atoms with Crippen molar-refractivity contribution in [3.8, 4) is 0 Å². The third-order valence-electron chi connectivity index (χ3n) is 3.46. The summed E-state index contributed by atoms with van der Waals surface area (Å²) in [6.07, 6.45) is 0.751. The number of hydrogen-bond donors (Lipinski definition) is 2. The van der Waals surface area contributed by atoms with Gasteiger partial charge in [-0.25, -0.2) is 8.78 Å². The number of rotatable bonds is 5. The van der Waals surface area contributed by atoms with Gasteiger partial charge in [-0.2, -0.15) is 0 Å². The van der Waals surface area contributed by atoms with Crippen LogP contribution in [0.15, 0.2) is 47.4 Å². The van der Waals surface area contributed by atoms with Crippen molar-refractivity contribution in [1.82, 2.24) is 5.32 Å². The second-order valence-electron chi connectivity index (χ2n) is 5.11. The first-order chi connectivity index (χ1) is 10.9. The zero-order chi connectivity index (χ0) is 17.0. The monoisotopic (exact) mass is 337 g/mol. The van der Waals surface area contributed by atoms with Gasteiger partial charge in [0.2, 0.25) is 0 Å². The average molecular weight is 337 g/mol. The number of nitrogens with one attached hydrogen (secondary N) is 1. The summed E-state index contributed by atoms with van der Waals surface area (Å²) in [6, 6.07) is 8.93. The van der Waals surface area contributed by atoms with Crippen LogP contribution in [0.4, 0.5) is 8.78 Å². The molecule has 0 saturated heterocycles. The molecule has 0 heterocycles. The number of amides is 1. The van der Waals surface area contributed by atoms with Gasteiger partial charge in [-0.1, -0.05) is 12.1 Å². The molecule has 0 bridgehead atoms. The normalized spacial score (nSPS) is 13.4. The Balaban J connectivity index is 2.08. The van der Waals surface area contributed by atoms with Crippen LogP contribution in [-0.4, -0.2) is 23.3 Å². The highest BCUT2D eigenvalue weighted by atomic mass is 32.2. The molecule has 0 radical (unpaired) electrons. The smallest absolute Gasteiger partial charge is 0.251 e. The summed E-state index contributed by atoms with van der Waals surface area (Å²) in [4.78, 5) is 12.6. The summed E-state index contributed by atoms with van der Waals surface area (Å²) in [5, 5.41) is 12.9. The van der Waals surface area contributed by atoms with Gasteiger partial charge in [-0.15, -0.1) is 11.8 Å². The van der Waals surface area contributed by atoms with Gasteiger partial charge in [-0.05, 0) is 49.1 Å². The van der Waals surface area contributed by atoms with Crippen molar-refractivity contribution in [2.45, 2.75) is 24.0 Å². The van der Waals surface area contributed by atoms with Crippen LogP contribution < -0.4 is 5.32 Å². The predicted molar refractivity (Wildman–Crippen MR) is 86.5 cm³/mol. The highest BCUT2D eigenvalue weighted by Crippen LogP contribution is 2.21. The summed E-state index contributed by atoms with van der Waals surface area (Å²) in [6.45, 7) is 1.64. The maximum Gasteiger partial charge on any atom is 0.251 e. The van der Waals surface area contributed by atoms with E-state index in [9.17, 15) is 18.7 Å². The van der Waals surface area contributed by atoms with Crippen molar-refractivity contribution < 1.29 is 18.7 Å². The molecule has 0 spiro atoms. The zero-order valence-corrected chi connectivity index (χ0v) is 13.5.